The summed E-state index contributed by atoms with van der Waals surface area (Å²) in [6, 6.07) is 3.98. The van der Waals surface area contributed by atoms with Crippen LogP contribution in [0.2, 0.25) is 0 Å². The van der Waals surface area contributed by atoms with E-state index in [1.54, 1.807) is 23.3 Å². The fourth-order valence-corrected chi connectivity index (χ4v) is 2.10. The van der Waals surface area contributed by atoms with E-state index in [2.05, 4.69) is 27.6 Å². The average Bonchev–Trinajstić information content (AvgIpc) is 2.94. The number of carbonyl (C=O) groups excluding carboxylic acids is 1. The van der Waals surface area contributed by atoms with E-state index in [1.807, 2.05) is 39.1 Å². The molecule has 7 heteroatoms. The zero-order valence-corrected chi connectivity index (χ0v) is 14.6. The van der Waals surface area contributed by atoms with Crippen LogP contribution in [-0.2, 0) is 4.74 Å². The molecule has 0 radical (unpaired) electrons. The molecule has 7 nitrogen and oxygen atoms in total. The number of hydrogen-bond donors (Lipinski definition) is 2. The van der Waals surface area contributed by atoms with Crippen LogP contribution in [0.4, 0.5) is 10.5 Å². The largest absolute Gasteiger partial charge is 0.444 e. The van der Waals surface area contributed by atoms with Crippen molar-refractivity contribution in [3.63, 3.8) is 0 Å². The number of hydrogen-bond acceptors (Lipinski definition) is 5. The zero-order chi connectivity index (χ0) is 17.6. The molecular formula is C17H25N5O2. The molecule has 0 saturated heterocycles. The first-order valence-electron chi connectivity index (χ1n) is 8.02. The first-order chi connectivity index (χ1) is 11.3. The molecular weight excluding hydrogens is 306 g/mol. The third-order valence-corrected chi connectivity index (χ3v) is 3.17. The summed E-state index contributed by atoms with van der Waals surface area (Å²) in [7, 11) is 0. The maximum atomic E-state index is 11.6. The van der Waals surface area contributed by atoms with E-state index in [0.29, 0.717) is 6.54 Å². The Hall–Kier alpha value is -2.57. The maximum absolute atomic E-state index is 11.6. The minimum absolute atomic E-state index is 0.190. The molecule has 0 spiro atoms. The van der Waals surface area contributed by atoms with Gasteiger partial charge in [-0.05, 0) is 46.2 Å². The first kappa shape index (κ1) is 17.8. The summed E-state index contributed by atoms with van der Waals surface area (Å²) in [5, 5.41) is 10.4. The molecule has 2 N–H and O–H groups in total. The molecule has 0 aliphatic rings. The van der Waals surface area contributed by atoms with E-state index in [0.717, 1.165) is 17.8 Å². The van der Waals surface area contributed by atoms with Crippen LogP contribution in [0.25, 0.3) is 5.69 Å². The van der Waals surface area contributed by atoms with Gasteiger partial charge >= 0.3 is 6.09 Å². The van der Waals surface area contributed by atoms with Gasteiger partial charge in [0.05, 0.1) is 23.8 Å². The molecule has 2 heterocycles. The number of carbonyl (C=O) groups is 1. The van der Waals surface area contributed by atoms with Crippen molar-refractivity contribution in [2.45, 2.75) is 45.8 Å². The van der Waals surface area contributed by atoms with Gasteiger partial charge in [0.15, 0.2) is 0 Å². The third-order valence-electron chi connectivity index (χ3n) is 3.17. The van der Waals surface area contributed by atoms with Crippen molar-refractivity contribution in [2.24, 2.45) is 0 Å². The number of anilines is 1. The molecule has 24 heavy (non-hydrogen) atoms. The highest BCUT2D eigenvalue weighted by atomic mass is 16.6. The van der Waals surface area contributed by atoms with E-state index in [9.17, 15) is 4.79 Å². The summed E-state index contributed by atoms with van der Waals surface area (Å²) in [5.74, 6) is 0. The van der Waals surface area contributed by atoms with Crippen LogP contribution in [-0.4, -0.2) is 39.0 Å². The SMILES string of the molecule is CC(CCNC(=O)OC(C)(C)C)Nc1cnn(-c2ccncc2)c1. The lowest BCUT2D eigenvalue weighted by atomic mass is 10.2. The van der Waals surface area contributed by atoms with Crippen molar-refractivity contribution in [1.82, 2.24) is 20.1 Å². The van der Waals surface area contributed by atoms with Crippen LogP contribution < -0.4 is 10.6 Å². The second-order valence-corrected chi connectivity index (χ2v) is 6.64. The second-order valence-electron chi connectivity index (χ2n) is 6.64. The van der Waals surface area contributed by atoms with Crippen molar-refractivity contribution in [2.75, 3.05) is 11.9 Å². The summed E-state index contributed by atoms with van der Waals surface area (Å²) in [6.07, 6.45) is 7.55. The van der Waals surface area contributed by atoms with Gasteiger partial charge in [-0.25, -0.2) is 9.48 Å². The first-order valence-corrected chi connectivity index (χ1v) is 8.02. The minimum atomic E-state index is -0.477. The molecule has 130 valence electrons. The Morgan fingerprint density at radius 2 is 2.04 bits per heavy atom. The van der Waals surface area contributed by atoms with Crippen LogP contribution in [0.5, 0.6) is 0 Å². The molecule has 1 atom stereocenters. The fourth-order valence-electron chi connectivity index (χ4n) is 2.10. The third kappa shape index (κ3) is 5.91. The molecule has 0 saturated carbocycles. The Morgan fingerprint density at radius 3 is 2.71 bits per heavy atom. The normalized spacial score (nSPS) is 12.5. The summed E-state index contributed by atoms with van der Waals surface area (Å²) >= 11 is 0. The highest BCUT2D eigenvalue weighted by molar-refractivity contribution is 5.67. The smallest absolute Gasteiger partial charge is 0.407 e. The molecule has 0 aliphatic carbocycles. The second kappa shape index (κ2) is 7.81. The van der Waals surface area contributed by atoms with Gasteiger partial charge in [-0.1, -0.05) is 0 Å². The van der Waals surface area contributed by atoms with Gasteiger partial charge in [-0.2, -0.15) is 5.10 Å². The van der Waals surface area contributed by atoms with Gasteiger partial charge in [0.25, 0.3) is 0 Å². The quantitative estimate of drug-likeness (QED) is 0.850. The summed E-state index contributed by atoms with van der Waals surface area (Å²) < 4.78 is 6.99. The number of nitrogens with zero attached hydrogens (tertiary/aromatic N) is 3. The Bertz CT molecular complexity index is 649. The van der Waals surface area contributed by atoms with E-state index < -0.39 is 5.60 Å². The van der Waals surface area contributed by atoms with E-state index in [-0.39, 0.29) is 12.1 Å². The number of rotatable bonds is 6. The average molecular weight is 331 g/mol. The van der Waals surface area contributed by atoms with Crippen molar-refractivity contribution < 1.29 is 9.53 Å². The number of amides is 1. The van der Waals surface area contributed by atoms with Gasteiger partial charge in [-0.15, -0.1) is 0 Å². The number of ether oxygens (including phenoxy) is 1. The molecule has 0 fully saturated rings. The van der Waals surface area contributed by atoms with Crippen molar-refractivity contribution >= 4 is 11.8 Å². The van der Waals surface area contributed by atoms with Crippen LogP contribution in [0.15, 0.2) is 36.9 Å². The summed E-state index contributed by atoms with van der Waals surface area (Å²) in [4.78, 5) is 15.6. The maximum Gasteiger partial charge on any atom is 0.407 e. The van der Waals surface area contributed by atoms with E-state index >= 15 is 0 Å². The monoisotopic (exact) mass is 331 g/mol. The van der Waals surface area contributed by atoms with Crippen LogP contribution in [0.1, 0.15) is 34.1 Å². The molecule has 0 bridgehead atoms. The van der Waals surface area contributed by atoms with Gasteiger partial charge < -0.3 is 15.4 Å². The molecule has 2 aromatic heterocycles. The van der Waals surface area contributed by atoms with Crippen molar-refractivity contribution in [3.05, 3.63) is 36.9 Å². The molecule has 1 unspecified atom stereocenters. The molecule has 0 aliphatic heterocycles. The number of pyridine rings is 1. The van der Waals surface area contributed by atoms with Crippen molar-refractivity contribution in [1.29, 1.82) is 0 Å². The highest BCUT2D eigenvalue weighted by Gasteiger charge is 2.15. The molecule has 2 rings (SSSR count). The number of nitrogens with one attached hydrogen (secondary N) is 2. The molecule has 2 aromatic rings. The minimum Gasteiger partial charge on any atom is -0.444 e. The fraction of sp³-hybridized carbons (Fsp3) is 0.471. The van der Waals surface area contributed by atoms with Crippen LogP contribution in [0.3, 0.4) is 0 Å². The lowest BCUT2D eigenvalue weighted by molar-refractivity contribution is 0.0527. The topological polar surface area (TPSA) is 81.1 Å². The standard InChI is InChI=1S/C17H25N5O2/c1-13(5-10-19-16(23)24-17(2,3)4)21-14-11-20-22(12-14)15-6-8-18-9-7-15/h6-9,11-13,21H,5,10H2,1-4H3,(H,19,23). The Balaban J connectivity index is 1.76. The summed E-state index contributed by atoms with van der Waals surface area (Å²) in [6.45, 7) is 8.13. The van der Waals surface area contributed by atoms with Crippen molar-refractivity contribution in [3.8, 4) is 5.69 Å². The summed E-state index contributed by atoms with van der Waals surface area (Å²) in [5.41, 5.74) is 1.41. The van der Waals surface area contributed by atoms with E-state index in [4.69, 9.17) is 4.74 Å². The lowest BCUT2D eigenvalue weighted by Gasteiger charge is -2.20. The van der Waals surface area contributed by atoms with Gasteiger partial charge in [0.1, 0.15) is 5.60 Å². The van der Waals surface area contributed by atoms with E-state index in [1.165, 1.54) is 0 Å². The zero-order valence-electron chi connectivity index (χ0n) is 14.6. The molecule has 0 aromatic carbocycles. The molecule has 1 amide bonds. The predicted molar refractivity (Wildman–Crippen MR) is 93.3 cm³/mol. The highest BCUT2D eigenvalue weighted by Crippen LogP contribution is 2.12. The predicted octanol–water partition coefficient (Wildman–Crippen LogP) is 2.98. The van der Waals surface area contributed by atoms with Gasteiger partial charge in [0.2, 0.25) is 0 Å². The number of aromatic nitrogens is 3. The Kier molecular flexibility index (Phi) is 5.78. The Morgan fingerprint density at radius 1 is 1.33 bits per heavy atom. The Labute approximate surface area is 142 Å². The van der Waals surface area contributed by atoms with Crippen LogP contribution >= 0.6 is 0 Å². The van der Waals surface area contributed by atoms with Gasteiger partial charge in [0, 0.05) is 25.0 Å². The van der Waals surface area contributed by atoms with Crippen LogP contribution in [0, 0.1) is 0 Å². The van der Waals surface area contributed by atoms with Gasteiger partial charge in [-0.3, -0.25) is 4.98 Å². The number of alkyl carbamates (subject to hydrolysis) is 1. The lowest BCUT2D eigenvalue weighted by Crippen LogP contribution is -2.34.